The van der Waals surface area contributed by atoms with Crippen LogP contribution < -0.4 is 0 Å². The van der Waals surface area contributed by atoms with E-state index in [9.17, 15) is 0 Å². The highest BCUT2D eigenvalue weighted by Gasteiger charge is 2.18. The van der Waals surface area contributed by atoms with E-state index in [1.54, 1.807) is 0 Å². The average molecular weight is 362 g/mol. The summed E-state index contributed by atoms with van der Waals surface area (Å²) in [5, 5.41) is 3.54. The molecule has 0 aliphatic heterocycles. The third-order valence-electron chi connectivity index (χ3n) is 4.26. The van der Waals surface area contributed by atoms with Gasteiger partial charge in [0, 0.05) is 20.9 Å². The van der Waals surface area contributed by atoms with Crippen LogP contribution in [0.25, 0.3) is 38.7 Å². The van der Waals surface area contributed by atoms with Gasteiger partial charge in [0.25, 0.3) is 0 Å². The molecular weight excluding hydrogens is 350 g/mol. The minimum Gasteiger partial charge on any atom is -0.439 e. The van der Waals surface area contributed by atoms with Gasteiger partial charge in [-0.1, -0.05) is 58.4 Å². The van der Waals surface area contributed by atoms with Crippen LogP contribution in [0.2, 0.25) is 0 Å². The van der Waals surface area contributed by atoms with E-state index < -0.39 is 0 Å². The monoisotopic (exact) mass is 361 g/mol. The average Bonchev–Trinajstić information content (AvgIpc) is 3.09. The summed E-state index contributed by atoms with van der Waals surface area (Å²) in [6.07, 6.45) is 0. The van der Waals surface area contributed by atoms with Crippen LogP contribution in [-0.2, 0) is 0 Å². The van der Waals surface area contributed by atoms with Crippen molar-refractivity contribution in [3.8, 4) is 5.69 Å². The molecule has 3 heteroatoms. The molecule has 0 spiro atoms. The van der Waals surface area contributed by atoms with Crippen molar-refractivity contribution in [3.05, 3.63) is 77.3 Å². The summed E-state index contributed by atoms with van der Waals surface area (Å²) in [6, 6.07) is 24.9. The van der Waals surface area contributed by atoms with E-state index in [0.717, 1.165) is 32.4 Å². The lowest BCUT2D eigenvalue weighted by Gasteiger charge is -2.05. The Balaban J connectivity index is 2.06. The van der Waals surface area contributed by atoms with Crippen molar-refractivity contribution >= 4 is 48.9 Å². The van der Waals surface area contributed by atoms with Crippen molar-refractivity contribution in [2.24, 2.45) is 0 Å². The molecule has 0 saturated carbocycles. The van der Waals surface area contributed by atoms with E-state index in [1.807, 2.05) is 30.3 Å². The van der Waals surface area contributed by atoms with Crippen LogP contribution in [-0.4, -0.2) is 4.57 Å². The quantitative estimate of drug-likeness (QED) is 0.343. The lowest BCUT2D eigenvalue weighted by molar-refractivity contribution is 0.645. The Kier molecular flexibility index (Phi) is 2.67. The van der Waals surface area contributed by atoms with Crippen LogP contribution in [0.15, 0.2) is 81.7 Å². The normalized spacial score (nSPS) is 11.7. The maximum absolute atomic E-state index is 6.21. The lowest BCUT2D eigenvalue weighted by atomic mass is 10.1. The van der Waals surface area contributed by atoms with Gasteiger partial charge in [-0.25, -0.2) is 0 Å². The second-order valence-corrected chi connectivity index (χ2v) is 6.53. The van der Waals surface area contributed by atoms with Crippen LogP contribution in [0, 0.1) is 0 Å². The molecule has 0 saturated heterocycles. The Morgan fingerprint density at radius 3 is 2.43 bits per heavy atom. The molecule has 0 amide bonds. The van der Waals surface area contributed by atoms with Crippen molar-refractivity contribution in [1.29, 1.82) is 0 Å². The first kappa shape index (κ1) is 13.0. The van der Waals surface area contributed by atoms with Crippen molar-refractivity contribution < 1.29 is 4.42 Å². The standard InChI is InChI=1S/C20H12BrNO/c21-13-10-11-15-17(12-13)22(14-6-2-1-3-7-14)20-19(15)16-8-4-5-9-18(16)23-20/h1-12H. The maximum Gasteiger partial charge on any atom is 0.213 e. The van der Waals surface area contributed by atoms with Crippen molar-refractivity contribution in [3.63, 3.8) is 0 Å². The molecule has 2 nitrogen and oxygen atoms in total. The van der Waals surface area contributed by atoms with Gasteiger partial charge in [0.1, 0.15) is 5.58 Å². The fourth-order valence-corrected chi connectivity index (χ4v) is 3.64. The van der Waals surface area contributed by atoms with Gasteiger partial charge in [-0.05, 0) is 30.3 Å². The van der Waals surface area contributed by atoms with E-state index in [4.69, 9.17) is 4.42 Å². The molecule has 110 valence electrons. The third kappa shape index (κ3) is 1.80. The van der Waals surface area contributed by atoms with Crippen LogP contribution >= 0.6 is 15.9 Å². The summed E-state index contributed by atoms with van der Waals surface area (Å²) in [6.45, 7) is 0. The van der Waals surface area contributed by atoms with Gasteiger partial charge in [-0.3, -0.25) is 4.57 Å². The number of nitrogens with zero attached hydrogens (tertiary/aromatic N) is 1. The molecule has 0 aliphatic carbocycles. The molecule has 0 bridgehead atoms. The summed E-state index contributed by atoms with van der Waals surface area (Å²) < 4.78 is 9.46. The van der Waals surface area contributed by atoms with E-state index in [0.29, 0.717) is 0 Å². The van der Waals surface area contributed by atoms with E-state index >= 15 is 0 Å². The van der Waals surface area contributed by atoms with Crippen LogP contribution in [0.5, 0.6) is 0 Å². The molecule has 23 heavy (non-hydrogen) atoms. The van der Waals surface area contributed by atoms with Crippen molar-refractivity contribution in [2.75, 3.05) is 0 Å². The van der Waals surface area contributed by atoms with Gasteiger partial charge >= 0.3 is 0 Å². The Morgan fingerprint density at radius 2 is 1.57 bits per heavy atom. The molecule has 5 rings (SSSR count). The lowest BCUT2D eigenvalue weighted by Crippen LogP contribution is -1.92. The van der Waals surface area contributed by atoms with E-state index in [2.05, 4.69) is 63.0 Å². The van der Waals surface area contributed by atoms with Gasteiger partial charge in [0.2, 0.25) is 5.71 Å². The second-order valence-electron chi connectivity index (χ2n) is 5.61. The highest BCUT2D eigenvalue weighted by Crippen LogP contribution is 2.39. The molecule has 3 aromatic carbocycles. The number of fused-ring (bicyclic) bond motifs is 5. The van der Waals surface area contributed by atoms with Gasteiger partial charge in [-0.15, -0.1) is 0 Å². The number of aromatic nitrogens is 1. The molecule has 0 N–H and O–H groups in total. The summed E-state index contributed by atoms with van der Waals surface area (Å²) >= 11 is 3.59. The largest absolute Gasteiger partial charge is 0.439 e. The molecule has 0 fully saturated rings. The van der Waals surface area contributed by atoms with Gasteiger partial charge < -0.3 is 4.42 Å². The smallest absolute Gasteiger partial charge is 0.213 e. The fourth-order valence-electron chi connectivity index (χ4n) is 3.29. The number of hydrogen-bond donors (Lipinski definition) is 0. The Morgan fingerprint density at radius 1 is 0.783 bits per heavy atom. The Labute approximate surface area is 141 Å². The minimum atomic E-state index is 0.894. The zero-order valence-corrected chi connectivity index (χ0v) is 13.7. The highest BCUT2D eigenvalue weighted by molar-refractivity contribution is 9.10. The number of para-hydroxylation sites is 2. The third-order valence-corrected chi connectivity index (χ3v) is 4.76. The zero-order valence-electron chi connectivity index (χ0n) is 12.2. The second kappa shape index (κ2) is 4.74. The number of furan rings is 1. The summed E-state index contributed by atoms with van der Waals surface area (Å²) in [5.74, 6) is 0. The first-order valence-electron chi connectivity index (χ1n) is 7.49. The van der Waals surface area contributed by atoms with Crippen LogP contribution in [0.1, 0.15) is 0 Å². The number of benzene rings is 3. The summed E-state index contributed by atoms with van der Waals surface area (Å²) in [5.41, 5.74) is 4.06. The number of rotatable bonds is 1. The summed E-state index contributed by atoms with van der Waals surface area (Å²) in [4.78, 5) is 0. The molecule has 2 heterocycles. The Bertz CT molecular complexity index is 1170. The first-order chi connectivity index (χ1) is 11.3. The molecular formula is C20H12BrNO. The number of halogens is 1. The molecule has 0 atom stereocenters. The van der Waals surface area contributed by atoms with Crippen molar-refractivity contribution in [2.45, 2.75) is 0 Å². The summed E-state index contributed by atoms with van der Waals surface area (Å²) in [7, 11) is 0. The minimum absolute atomic E-state index is 0.894. The first-order valence-corrected chi connectivity index (χ1v) is 8.29. The number of hydrogen-bond acceptors (Lipinski definition) is 1. The van der Waals surface area contributed by atoms with Crippen molar-refractivity contribution in [1.82, 2.24) is 4.57 Å². The van der Waals surface area contributed by atoms with Gasteiger partial charge in [0.15, 0.2) is 0 Å². The Hall–Kier alpha value is -2.52. The predicted octanol–water partition coefficient (Wildman–Crippen LogP) is 6.29. The van der Waals surface area contributed by atoms with Gasteiger partial charge in [0.05, 0.1) is 10.9 Å². The van der Waals surface area contributed by atoms with E-state index in [1.165, 1.54) is 10.8 Å². The SMILES string of the molecule is Brc1ccc2c3c4ccccc4oc3n(-c3ccccc3)c2c1. The predicted molar refractivity (Wildman–Crippen MR) is 98.3 cm³/mol. The molecule has 0 aliphatic rings. The topological polar surface area (TPSA) is 18.1 Å². The zero-order chi connectivity index (χ0) is 15.4. The van der Waals surface area contributed by atoms with Crippen LogP contribution in [0.3, 0.4) is 0 Å². The molecule has 0 radical (unpaired) electrons. The maximum atomic E-state index is 6.21. The van der Waals surface area contributed by atoms with Crippen LogP contribution in [0.4, 0.5) is 0 Å². The molecule has 0 unspecified atom stereocenters. The van der Waals surface area contributed by atoms with E-state index in [-0.39, 0.29) is 0 Å². The molecule has 5 aromatic rings. The highest BCUT2D eigenvalue weighted by atomic mass is 79.9. The fraction of sp³-hybridized carbons (Fsp3) is 0. The van der Waals surface area contributed by atoms with Gasteiger partial charge in [-0.2, -0.15) is 0 Å². The molecule has 2 aromatic heterocycles.